The van der Waals surface area contributed by atoms with Gasteiger partial charge in [-0.2, -0.15) is 0 Å². The standard InChI is InChI=1S/C44H85N2O7/c1-7-13-17-19-20-21-25-31-42(47)50-37-35-46(34-33-45(11-5)12-6)36-38-51-44(49)53-41(29-24-18-14-8-2)30-26-32-43(48)52-39-40(27-22-15-9-3)28-23-16-10-4/h40-41H,5,7-39H2,1-4,6H3/q+1. The molecule has 53 heavy (non-hydrogen) atoms. The number of hydrogen-bond acceptors (Lipinski definition) is 9. The number of likely N-dealkylation sites (N-methyl/N-ethyl adjacent to an activating group) is 1. The van der Waals surface area contributed by atoms with E-state index in [0.717, 1.165) is 84.0 Å². The summed E-state index contributed by atoms with van der Waals surface area (Å²) in [5, 5.41) is 0. The number of carbonyl (C=O) groups is 3. The van der Waals surface area contributed by atoms with E-state index in [9.17, 15) is 14.4 Å². The quantitative estimate of drug-likeness (QED) is 0.0263. The van der Waals surface area contributed by atoms with E-state index in [0.29, 0.717) is 57.9 Å². The summed E-state index contributed by atoms with van der Waals surface area (Å²) < 4.78 is 22.7. The van der Waals surface area contributed by atoms with Crippen molar-refractivity contribution >= 4 is 18.1 Å². The Morgan fingerprint density at radius 3 is 1.58 bits per heavy atom. The molecule has 0 rings (SSSR count). The van der Waals surface area contributed by atoms with Crippen LogP contribution in [0.4, 0.5) is 4.79 Å². The molecule has 9 nitrogen and oxygen atoms in total. The molecule has 9 heteroatoms. The van der Waals surface area contributed by atoms with Gasteiger partial charge < -0.3 is 18.9 Å². The Balaban J connectivity index is 4.83. The summed E-state index contributed by atoms with van der Waals surface area (Å²) in [5.41, 5.74) is 0. The van der Waals surface area contributed by atoms with E-state index in [2.05, 4.69) is 51.3 Å². The molecule has 0 saturated heterocycles. The van der Waals surface area contributed by atoms with Crippen LogP contribution in [0.1, 0.15) is 189 Å². The van der Waals surface area contributed by atoms with Crippen molar-refractivity contribution in [2.75, 3.05) is 59.1 Å². The zero-order valence-corrected chi connectivity index (χ0v) is 35.4. The largest absolute Gasteiger partial charge is 0.508 e. The zero-order chi connectivity index (χ0) is 39.2. The van der Waals surface area contributed by atoms with E-state index in [4.69, 9.17) is 18.9 Å². The van der Waals surface area contributed by atoms with Gasteiger partial charge in [-0.05, 0) is 57.4 Å². The normalized spacial score (nSPS) is 12.1. The van der Waals surface area contributed by atoms with E-state index in [1.54, 1.807) is 0 Å². The molecule has 0 aliphatic carbocycles. The highest BCUT2D eigenvalue weighted by atomic mass is 16.7. The van der Waals surface area contributed by atoms with Crippen LogP contribution < -0.4 is 0 Å². The van der Waals surface area contributed by atoms with Crippen LogP contribution in [-0.4, -0.2) is 93.1 Å². The second-order valence-electron chi connectivity index (χ2n) is 15.0. The summed E-state index contributed by atoms with van der Waals surface area (Å²) in [5.74, 6) is 0.150. The average molecular weight is 754 g/mol. The van der Waals surface area contributed by atoms with Crippen molar-refractivity contribution < 1.29 is 33.3 Å². The lowest BCUT2D eigenvalue weighted by atomic mass is 9.96. The molecule has 0 amide bonds. The van der Waals surface area contributed by atoms with Gasteiger partial charge in [-0.15, -0.1) is 0 Å². The Hall–Kier alpha value is -2.00. The second-order valence-corrected chi connectivity index (χ2v) is 15.0. The fourth-order valence-electron chi connectivity index (χ4n) is 6.56. The van der Waals surface area contributed by atoms with Gasteiger partial charge in [-0.3, -0.25) is 19.4 Å². The number of rotatable bonds is 39. The molecular weight excluding hydrogens is 668 g/mol. The number of unbranched alkanes of at least 4 members (excludes halogenated alkanes) is 13. The van der Waals surface area contributed by atoms with Crippen LogP contribution >= 0.6 is 0 Å². The fourth-order valence-corrected chi connectivity index (χ4v) is 6.56. The first kappa shape index (κ1) is 51.0. The summed E-state index contributed by atoms with van der Waals surface area (Å²) in [6, 6.07) is 0. The molecule has 0 heterocycles. The van der Waals surface area contributed by atoms with Gasteiger partial charge in [0.1, 0.15) is 25.9 Å². The number of ether oxygens (including phenoxy) is 4. The van der Waals surface area contributed by atoms with E-state index in [1.165, 1.54) is 70.6 Å². The summed E-state index contributed by atoms with van der Waals surface area (Å²) >= 11 is 0. The molecule has 0 saturated carbocycles. The maximum Gasteiger partial charge on any atom is 0.508 e. The van der Waals surface area contributed by atoms with E-state index < -0.39 is 6.16 Å². The first-order valence-corrected chi connectivity index (χ1v) is 22.2. The predicted octanol–water partition coefficient (Wildman–Crippen LogP) is 11.1. The van der Waals surface area contributed by atoms with Crippen LogP contribution in [-0.2, 0) is 28.5 Å². The van der Waals surface area contributed by atoms with Crippen LogP contribution in [0.3, 0.4) is 0 Å². The molecule has 0 aromatic carbocycles. The van der Waals surface area contributed by atoms with Crippen LogP contribution in [0.2, 0.25) is 0 Å². The number of nitrogens with zero attached hydrogens (tertiary/aromatic N) is 2. The number of esters is 2. The lowest BCUT2D eigenvalue weighted by Gasteiger charge is -2.25. The molecule has 0 aromatic heterocycles. The van der Waals surface area contributed by atoms with Crippen molar-refractivity contribution in [3.05, 3.63) is 6.92 Å². The second kappa shape index (κ2) is 38.3. The zero-order valence-electron chi connectivity index (χ0n) is 35.4. The Morgan fingerprint density at radius 1 is 0.509 bits per heavy atom. The van der Waals surface area contributed by atoms with Gasteiger partial charge in [0.25, 0.3) is 0 Å². The molecule has 0 spiro atoms. The van der Waals surface area contributed by atoms with Gasteiger partial charge in [0.05, 0.1) is 13.5 Å². The van der Waals surface area contributed by atoms with Gasteiger partial charge in [0.15, 0.2) is 0 Å². The Morgan fingerprint density at radius 2 is 0.981 bits per heavy atom. The minimum atomic E-state index is -0.663. The highest BCUT2D eigenvalue weighted by molar-refractivity contribution is 5.69. The van der Waals surface area contributed by atoms with Gasteiger partial charge in [-0.25, -0.2) is 4.79 Å². The third-order valence-corrected chi connectivity index (χ3v) is 10.2. The van der Waals surface area contributed by atoms with Crippen molar-refractivity contribution in [2.45, 2.75) is 195 Å². The molecule has 0 fully saturated rings. The Bertz CT molecular complexity index is 829. The molecule has 0 radical (unpaired) electrons. The average Bonchev–Trinajstić information content (AvgIpc) is 3.15. The van der Waals surface area contributed by atoms with Crippen molar-refractivity contribution in [1.82, 2.24) is 9.80 Å². The number of hydrogen-bond donors (Lipinski definition) is 0. The molecule has 0 N–H and O–H groups in total. The van der Waals surface area contributed by atoms with E-state index >= 15 is 0 Å². The summed E-state index contributed by atoms with van der Waals surface area (Å²) in [6.07, 6.45) is 23.8. The van der Waals surface area contributed by atoms with Gasteiger partial charge in [0, 0.05) is 39.0 Å². The monoisotopic (exact) mass is 754 g/mol. The Labute approximate surface area is 327 Å². The third-order valence-electron chi connectivity index (χ3n) is 10.2. The maximum absolute atomic E-state index is 12.8. The predicted molar refractivity (Wildman–Crippen MR) is 219 cm³/mol. The lowest BCUT2D eigenvalue weighted by Crippen LogP contribution is -2.39. The van der Waals surface area contributed by atoms with Gasteiger partial charge in [-0.1, -0.05) is 131 Å². The molecule has 1 atom stereocenters. The van der Waals surface area contributed by atoms with Gasteiger partial charge >= 0.3 is 18.1 Å². The van der Waals surface area contributed by atoms with Crippen LogP contribution in [0.15, 0.2) is 0 Å². The maximum atomic E-state index is 12.8. The van der Waals surface area contributed by atoms with E-state index in [-0.39, 0.29) is 24.6 Å². The lowest BCUT2D eigenvalue weighted by molar-refractivity contribution is -0.145. The van der Waals surface area contributed by atoms with Crippen LogP contribution in [0.5, 0.6) is 0 Å². The van der Waals surface area contributed by atoms with Crippen molar-refractivity contribution in [1.29, 1.82) is 0 Å². The molecule has 0 aliphatic rings. The van der Waals surface area contributed by atoms with E-state index in [1.807, 2.05) is 0 Å². The minimum Gasteiger partial charge on any atom is -0.465 e. The molecule has 1 unspecified atom stereocenters. The molecule has 0 aliphatic heterocycles. The summed E-state index contributed by atoms with van der Waals surface area (Å²) in [4.78, 5) is 42.2. The van der Waals surface area contributed by atoms with Crippen molar-refractivity contribution in [3.63, 3.8) is 0 Å². The highest BCUT2D eigenvalue weighted by Crippen LogP contribution is 2.20. The molecule has 0 aromatic rings. The van der Waals surface area contributed by atoms with Crippen LogP contribution in [0, 0.1) is 12.8 Å². The third kappa shape index (κ3) is 33.1. The molecule has 312 valence electrons. The summed E-state index contributed by atoms with van der Waals surface area (Å²) in [7, 11) is 0. The summed E-state index contributed by atoms with van der Waals surface area (Å²) in [6.45, 7) is 20.3. The molecular formula is C44H85N2O7+. The fraction of sp³-hybridized carbons (Fsp3) is 0.909. The van der Waals surface area contributed by atoms with Gasteiger partial charge in [0.2, 0.25) is 0 Å². The highest BCUT2D eigenvalue weighted by Gasteiger charge is 2.19. The SMILES string of the molecule is [CH2+]CN(CC)CCN(CCOC(=O)CCCCCCCCC)CCOC(=O)OC(CCCCCC)CCCC(=O)OCC(CCCCC)CCCCC. The Kier molecular flexibility index (Phi) is 36.8. The van der Waals surface area contributed by atoms with Crippen molar-refractivity contribution in [3.8, 4) is 0 Å². The van der Waals surface area contributed by atoms with Crippen LogP contribution in [0.25, 0.3) is 0 Å². The topological polar surface area (TPSA) is 94.6 Å². The van der Waals surface area contributed by atoms with Crippen molar-refractivity contribution in [2.24, 2.45) is 5.92 Å². The first-order chi connectivity index (χ1) is 25.8. The molecule has 0 bridgehead atoms. The number of carbonyl (C=O) groups excluding carboxylic acids is 3. The smallest absolute Gasteiger partial charge is 0.465 e. The first-order valence-electron chi connectivity index (χ1n) is 22.2. The minimum absolute atomic E-state index is 0.140.